The number of aromatic nitrogens is 3. The Bertz CT molecular complexity index is 803. The molecule has 0 aromatic carbocycles. The van der Waals surface area contributed by atoms with Crippen LogP contribution in [0.4, 0.5) is 0 Å². The summed E-state index contributed by atoms with van der Waals surface area (Å²) >= 11 is 0. The molecule has 124 valence electrons. The summed E-state index contributed by atoms with van der Waals surface area (Å²) in [6, 6.07) is -0.479. The van der Waals surface area contributed by atoms with Crippen LogP contribution in [0.5, 0.6) is 0 Å². The third kappa shape index (κ3) is 3.57. The van der Waals surface area contributed by atoms with E-state index < -0.39 is 16.1 Å². The molecule has 1 aliphatic rings. The van der Waals surface area contributed by atoms with Gasteiger partial charge in [-0.1, -0.05) is 5.16 Å². The van der Waals surface area contributed by atoms with Crippen molar-refractivity contribution < 1.29 is 17.7 Å². The molecule has 1 aliphatic heterocycles. The van der Waals surface area contributed by atoms with Crippen molar-refractivity contribution in [3.63, 3.8) is 0 Å². The van der Waals surface area contributed by atoms with Gasteiger partial charge in [-0.25, -0.2) is 13.1 Å². The van der Waals surface area contributed by atoms with Crippen molar-refractivity contribution in [3.8, 4) is 0 Å². The van der Waals surface area contributed by atoms with Gasteiger partial charge in [0.05, 0.1) is 30.6 Å². The van der Waals surface area contributed by atoms with Gasteiger partial charge in [-0.15, -0.1) is 0 Å². The zero-order valence-corrected chi connectivity index (χ0v) is 13.8. The van der Waals surface area contributed by atoms with Gasteiger partial charge in [-0.3, -0.25) is 9.97 Å². The summed E-state index contributed by atoms with van der Waals surface area (Å²) in [5.74, 6) is 0.457. The molecule has 23 heavy (non-hydrogen) atoms. The van der Waals surface area contributed by atoms with Crippen molar-refractivity contribution in [1.82, 2.24) is 19.8 Å². The fourth-order valence-corrected chi connectivity index (χ4v) is 3.91. The molecule has 0 radical (unpaired) electrons. The van der Waals surface area contributed by atoms with E-state index in [1.807, 2.05) is 0 Å². The Hall–Kier alpha value is -1.84. The largest absolute Gasteiger partial charge is 0.376 e. The Morgan fingerprint density at radius 3 is 2.91 bits per heavy atom. The summed E-state index contributed by atoms with van der Waals surface area (Å²) in [6.07, 6.45) is 3.73. The Morgan fingerprint density at radius 2 is 2.13 bits per heavy atom. The molecule has 0 saturated carbocycles. The van der Waals surface area contributed by atoms with Crippen LogP contribution in [0, 0.1) is 6.92 Å². The van der Waals surface area contributed by atoms with Gasteiger partial charge in [0.15, 0.2) is 0 Å². The molecule has 3 heterocycles. The summed E-state index contributed by atoms with van der Waals surface area (Å²) in [5, 5.41) is 3.88. The minimum absolute atomic E-state index is 0.251. The van der Waals surface area contributed by atoms with Crippen LogP contribution in [0.2, 0.25) is 0 Å². The first-order chi connectivity index (χ1) is 11.0. The SMILES string of the molecule is Cc1nccnc1C(C)NS(=O)(=O)Cc1noc2c1COCC2. The van der Waals surface area contributed by atoms with E-state index in [1.54, 1.807) is 26.2 Å². The summed E-state index contributed by atoms with van der Waals surface area (Å²) in [7, 11) is -3.60. The molecular weight excluding hydrogens is 320 g/mol. The monoisotopic (exact) mass is 338 g/mol. The maximum Gasteiger partial charge on any atom is 0.218 e. The maximum absolute atomic E-state index is 12.4. The summed E-state index contributed by atoms with van der Waals surface area (Å²) in [5.41, 5.74) is 2.43. The minimum atomic E-state index is -3.60. The Morgan fingerprint density at radius 1 is 1.35 bits per heavy atom. The lowest BCUT2D eigenvalue weighted by Crippen LogP contribution is -2.29. The van der Waals surface area contributed by atoms with E-state index in [2.05, 4.69) is 19.8 Å². The van der Waals surface area contributed by atoms with E-state index in [-0.39, 0.29) is 5.75 Å². The van der Waals surface area contributed by atoms with Gasteiger partial charge in [-0.2, -0.15) is 0 Å². The van der Waals surface area contributed by atoms with E-state index in [0.29, 0.717) is 42.5 Å². The number of fused-ring (bicyclic) bond motifs is 1. The first kappa shape index (κ1) is 16.0. The van der Waals surface area contributed by atoms with Gasteiger partial charge in [-0.05, 0) is 13.8 Å². The van der Waals surface area contributed by atoms with Crippen molar-refractivity contribution in [3.05, 3.63) is 40.8 Å². The molecule has 0 saturated heterocycles. The molecule has 2 aromatic rings. The molecule has 8 nitrogen and oxygen atoms in total. The number of hydrogen-bond acceptors (Lipinski definition) is 7. The first-order valence-electron chi connectivity index (χ1n) is 7.28. The second-order valence-electron chi connectivity index (χ2n) is 5.46. The number of aryl methyl sites for hydroxylation is 1. The van der Waals surface area contributed by atoms with E-state index in [4.69, 9.17) is 9.26 Å². The third-order valence-electron chi connectivity index (χ3n) is 3.68. The minimum Gasteiger partial charge on any atom is -0.376 e. The fraction of sp³-hybridized carbons (Fsp3) is 0.500. The lowest BCUT2D eigenvalue weighted by Gasteiger charge is -2.15. The standard InChI is InChI=1S/C14H18N4O4S/c1-9-14(16-5-4-15-9)10(2)18-23(19,20)8-12-11-7-21-6-3-13(11)22-17-12/h4-5,10,18H,3,6-8H2,1-2H3. The molecule has 0 aliphatic carbocycles. The smallest absolute Gasteiger partial charge is 0.218 e. The van der Waals surface area contributed by atoms with Crippen LogP contribution >= 0.6 is 0 Å². The van der Waals surface area contributed by atoms with Gasteiger partial charge >= 0.3 is 0 Å². The van der Waals surface area contributed by atoms with Crippen LogP contribution in [0.3, 0.4) is 0 Å². The molecule has 0 amide bonds. The first-order valence-corrected chi connectivity index (χ1v) is 8.93. The highest BCUT2D eigenvalue weighted by Gasteiger charge is 2.25. The second-order valence-corrected chi connectivity index (χ2v) is 7.21. The lowest BCUT2D eigenvalue weighted by molar-refractivity contribution is 0.102. The van der Waals surface area contributed by atoms with Crippen LogP contribution in [0.1, 0.15) is 41.4 Å². The molecule has 2 aromatic heterocycles. The second kappa shape index (κ2) is 6.34. The third-order valence-corrected chi connectivity index (χ3v) is 5.05. The Balaban J connectivity index is 1.75. The van der Waals surface area contributed by atoms with Gasteiger partial charge in [0.25, 0.3) is 0 Å². The van der Waals surface area contributed by atoms with Crippen LogP contribution in [-0.4, -0.2) is 30.1 Å². The Kier molecular flexibility index (Phi) is 4.42. The predicted molar refractivity (Wildman–Crippen MR) is 80.8 cm³/mol. The number of nitrogens with zero attached hydrogens (tertiary/aromatic N) is 3. The van der Waals surface area contributed by atoms with E-state index in [1.165, 1.54) is 0 Å². The number of hydrogen-bond donors (Lipinski definition) is 1. The number of rotatable bonds is 5. The Labute approximate surface area is 134 Å². The van der Waals surface area contributed by atoms with E-state index in [0.717, 1.165) is 5.56 Å². The number of ether oxygens (including phenoxy) is 1. The van der Waals surface area contributed by atoms with Crippen molar-refractivity contribution in [2.45, 2.75) is 38.7 Å². The summed E-state index contributed by atoms with van der Waals surface area (Å²) < 4.78 is 37.9. The number of nitrogens with one attached hydrogen (secondary N) is 1. The zero-order valence-electron chi connectivity index (χ0n) is 12.9. The van der Waals surface area contributed by atoms with E-state index >= 15 is 0 Å². The molecule has 0 fully saturated rings. The average molecular weight is 338 g/mol. The van der Waals surface area contributed by atoms with Crippen molar-refractivity contribution >= 4 is 10.0 Å². The summed E-state index contributed by atoms with van der Waals surface area (Å²) in [4.78, 5) is 8.31. The van der Waals surface area contributed by atoms with Gasteiger partial charge in [0.1, 0.15) is 17.2 Å². The highest BCUT2D eigenvalue weighted by atomic mass is 32.2. The van der Waals surface area contributed by atoms with Crippen molar-refractivity contribution in [2.75, 3.05) is 6.61 Å². The fourth-order valence-electron chi connectivity index (χ4n) is 2.58. The van der Waals surface area contributed by atoms with Crippen molar-refractivity contribution in [2.24, 2.45) is 0 Å². The van der Waals surface area contributed by atoms with Crippen LogP contribution in [0.25, 0.3) is 0 Å². The van der Waals surface area contributed by atoms with E-state index in [9.17, 15) is 8.42 Å². The quantitative estimate of drug-likeness (QED) is 0.867. The summed E-state index contributed by atoms with van der Waals surface area (Å²) in [6.45, 7) is 4.42. The molecular formula is C14H18N4O4S. The van der Waals surface area contributed by atoms with Crippen LogP contribution < -0.4 is 4.72 Å². The molecule has 3 rings (SSSR count). The topological polar surface area (TPSA) is 107 Å². The van der Waals surface area contributed by atoms with Crippen LogP contribution in [-0.2, 0) is 33.5 Å². The normalized spacial score (nSPS) is 16.1. The lowest BCUT2D eigenvalue weighted by atomic mass is 10.1. The van der Waals surface area contributed by atoms with Gasteiger partial charge < -0.3 is 9.26 Å². The van der Waals surface area contributed by atoms with Crippen molar-refractivity contribution in [1.29, 1.82) is 0 Å². The molecule has 0 spiro atoms. The molecule has 1 atom stereocenters. The highest BCUT2D eigenvalue weighted by molar-refractivity contribution is 7.88. The zero-order chi connectivity index (χ0) is 16.4. The average Bonchev–Trinajstić information content (AvgIpc) is 2.90. The predicted octanol–water partition coefficient (Wildman–Crippen LogP) is 1.03. The molecule has 1 N–H and O–H groups in total. The van der Waals surface area contributed by atoms with Gasteiger partial charge in [0.2, 0.25) is 10.0 Å². The molecule has 1 unspecified atom stereocenters. The highest BCUT2D eigenvalue weighted by Crippen LogP contribution is 2.22. The molecule has 0 bridgehead atoms. The molecule has 9 heteroatoms. The number of sulfonamides is 1. The van der Waals surface area contributed by atoms with Crippen LogP contribution in [0.15, 0.2) is 16.9 Å². The van der Waals surface area contributed by atoms with Gasteiger partial charge in [0, 0.05) is 24.4 Å². The maximum atomic E-state index is 12.4.